The lowest BCUT2D eigenvalue weighted by molar-refractivity contribution is -0.120. The van der Waals surface area contributed by atoms with Crippen molar-refractivity contribution in [2.24, 2.45) is 5.92 Å². The third kappa shape index (κ3) is 6.32. The maximum atomic E-state index is 12.2. The predicted molar refractivity (Wildman–Crippen MR) is 109 cm³/mol. The number of anilines is 1. The lowest BCUT2D eigenvalue weighted by Gasteiger charge is -2.22. The molecule has 1 amide bonds. The van der Waals surface area contributed by atoms with Crippen LogP contribution in [-0.4, -0.2) is 24.0 Å². The maximum Gasteiger partial charge on any atom is 0.228 e. The van der Waals surface area contributed by atoms with Gasteiger partial charge < -0.3 is 15.4 Å². The number of halogens is 3. The summed E-state index contributed by atoms with van der Waals surface area (Å²) in [6.45, 7) is 2.11. The summed E-state index contributed by atoms with van der Waals surface area (Å²) in [6.07, 6.45) is 5.41. The highest BCUT2D eigenvalue weighted by molar-refractivity contribution is 6.32. The standard InChI is InChI=1S/C18H20ClN3O2.2ClH/c19-16-9-15(22-18(23)14-4-2-8-21-11-14)5-6-17(16)24-12-13-3-1-7-20-10-13;;/h1,3,5-7,9-10,14,21H,2,4,8,11-12H2,(H,22,23);2*1H. The van der Waals surface area contributed by atoms with Crippen LogP contribution >= 0.6 is 36.4 Å². The van der Waals surface area contributed by atoms with Crippen molar-refractivity contribution in [2.75, 3.05) is 18.4 Å². The summed E-state index contributed by atoms with van der Waals surface area (Å²) in [5.74, 6) is 0.624. The van der Waals surface area contributed by atoms with Crippen molar-refractivity contribution in [1.29, 1.82) is 0 Å². The Bertz CT molecular complexity index is 695. The molecule has 0 spiro atoms. The quantitative estimate of drug-likeness (QED) is 0.767. The van der Waals surface area contributed by atoms with Crippen LogP contribution in [0.25, 0.3) is 0 Å². The van der Waals surface area contributed by atoms with Crippen molar-refractivity contribution in [3.8, 4) is 5.75 Å². The number of amides is 1. The second kappa shape index (κ2) is 11.2. The molecular weight excluding hydrogens is 397 g/mol. The topological polar surface area (TPSA) is 63.2 Å². The fourth-order valence-corrected chi connectivity index (χ4v) is 2.90. The van der Waals surface area contributed by atoms with Gasteiger partial charge in [-0.25, -0.2) is 0 Å². The van der Waals surface area contributed by atoms with E-state index >= 15 is 0 Å². The number of carbonyl (C=O) groups is 1. The number of benzene rings is 1. The Balaban J connectivity index is 0.00000169. The minimum atomic E-state index is 0. The van der Waals surface area contributed by atoms with Crippen LogP contribution in [0.15, 0.2) is 42.7 Å². The first-order chi connectivity index (χ1) is 11.7. The molecule has 1 aliphatic rings. The second-order valence-corrected chi connectivity index (χ2v) is 6.23. The molecule has 3 rings (SSSR count). The van der Waals surface area contributed by atoms with E-state index in [-0.39, 0.29) is 36.6 Å². The van der Waals surface area contributed by atoms with Gasteiger partial charge >= 0.3 is 0 Å². The van der Waals surface area contributed by atoms with Gasteiger partial charge in [0.25, 0.3) is 0 Å². The SMILES string of the molecule is Cl.Cl.O=C(Nc1ccc(OCc2cccnc2)c(Cl)c1)C1CCCNC1. The second-order valence-electron chi connectivity index (χ2n) is 5.83. The fraction of sp³-hybridized carbons (Fsp3) is 0.333. The Hall–Kier alpha value is -1.53. The first kappa shape index (κ1) is 22.5. The van der Waals surface area contributed by atoms with Crippen molar-refractivity contribution in [2.45, 2.75) is 19.4 Å². The number of hydrogen-bond acceptors (Lipinski definition) is 4. The number of nitrogens with one attached hydrogen (secondary N) is 2. The monoisotopic (exact) mass is 417 g/mol. The number of hydrogen-bond donors (Lipinski definition) is 2. The molecule has 5 nitrogen and oxygen atoms in total. The van der Waals surface area contributed by atoms with Crippen molar-refractivity contribution < 1.29 is 9.53 Å². The van der Waals surface area contributed by atoms with E-state index in [1.807, 2.05) is 12.1 Å². The minimum absolute atomic E-state index is 0. The molecular formula is C18H22Cl3N3O2. The van der Waals surface area contributed by atoms with Crippen molar-refractivity contribution in [3.05, 3.63) is 53.3 Å². The van der Waals surface area contributed by atoms with Gasteiger partial charge in [-0.1, -0.05) is 17.7 Å². The molecule has 0 radical (unpaired) electrons. The Morgan fingerprint density at radius 2 is 2.19 bits per heavy atom. The van der Waals surface area contributed by atoms with Crippen LogP contribution in [-0.2, 0) is 11.4 Å². The zero-order valence-corrected chi connectivity index (χ0v) is 16.5. The number of carbonyl (C=O) groups excluding carboxylic acids is 1. The van der Waals surface area contributed by atoms with Gasteiger partial charge in [-0.05, 0) is 43.7 Å². The molecule has 0 bridgehead atoms. The molecule has 1 saturated heterocycles. The molecule has 142 valence electrons. The van der Waals surface area contributed by atoms with Gasteiger partial charge in [-0.2, -0.15) is 0 Å². The van der Waals surface area contributed by atoms with E-state index < -0.39 is 0 Å². The highest BCUT2D eigenvalue weighted by Crippen LogP contribution is 2.28. The summed E-state index contributed by atoms with van der Waals surface area (Å²) in [4.78, 5) is 16.3. The molecule has 1 atom stereocenters. The molecule has 1 unspecified atom stereocenters. The van der Waals surface area contributed by atoms with Crippen LogP contribution in [0.2, 0.25) is 5.02 Å². The van der Waals surface area contributed by atoms with E-state index in [0.29, 0.717) is 23.1 Å². The zero-order chi connectivity index (χ0) is 16.8. The molecule has 1 fully saturated rings. The number of piperidine rings is 1. The number of ether oxygens (including phenoxy) is 1. The van der Waals surface area contributed by atoms with Gasteiger partial charge in [0.2, 0.25) is 5.91 Å². The van der Waals surface area contributed by atoms with Crippen LogP contribution in [0.3, 0.4) is 0 Å². The molecule has 1 aliphatic heterocycles. The van der Waals surface area contributed by atoms with E-state index in [1.54, 1.807) is 30.6 Å². The van der Waals surface area contributed by atoms with E-state index in [4.69, 9.17) is 16.3 Å². The predicted octanol–water partition coefficient (Wildman–Crippen LogP) is 4.10. The van der Waals surface area contributed by atoms with Crippen LogP contribution in [0.4, 0.5) is 5.69 Å². The Morgan fingerprint density at radius 1 is 1.35 bits per heavy atom. The third-order valence-electron chi connectivity index (χ3n) is 3.98. The van der Waals surface area contributed by atoms with E-state index in [1.165, 1.54) is 0 Å². The van der Waals surface area contributed by atoms with Crippen LogP contribution in [0.1, 0.15) is 18.4 Å². The lowest BCUT2D eigenvalue weighted by Crippen LogP contribution is -2.37. The molecule has 26 heavy (non-hydrogen) atoms. The largest absolute Gasteiger partial charge is 0.487 e. The molecule has 2 N–H and O–H groups in total. The van der Waals surface area contributed by atoms with E-state index in [2.05, 4.69) is 15.6 Å². The molecule has 1 aromatic heterocycles. The van der Waals surface area contributed by atoms with Crippen molar-refractivity contribution in [1.82, 2.24) is 10.3 Å². The summed E-state index contributed by atoms with van der Waals surface area (Å²) in [5, 5.41) is 6.64. The van der Waals surface area contributed by atoms with Crippen LogP contribution in [0.5, 0.6) is 5.75 Å². The summed E-state index contributed by atoms with van der Waals surface area (Å²) in [6, 6.07) is 9.09. The lowest BCUT2D eigenvalue weighted by atomic mass is 9.99. The number of rotatable bonds is 5. The number of pyridine rings is 1. The third-order valence-corrected chi connectivity index (χ3v) is 4.28. The normalized spacial score (nSPS) is 16.0. The first-order valence-corrected chi connectivity index (χ1v) is 8.43. The van der Waals surface area contributed by atoms with Crippen LogP contribution in [0, 0.1) is 5.92 Å². The van der Waals surface area contributed by atoms with Gasteiger partial charge in [0, 0.05) is 30.2 Å². The van der Waals surface area contributed by atoms with E-state index in [9.17, 15) is 4.79 Å². The number of nitrogens with zero attached hydrogens (tertiary/aromatic N) is 1. The molecule has 2 heterocycles. The summed E-state index contributed by atoms with van der Waals surface area (Å²) in [7, 11) is 0. The zero-order valence-electron chi connectivity index (χ0n) is 14.1. The average Bonchev–Trinajstić information content (AvgIpc) is 2.62. The highest BCUT2D eigenvalue weighted by Gasteiger charge is 2.21. The summed E-state index contributed by atoms with van der Waals surface area (Å²) >= 11 is 6.26. The first-order valence-electron chi connectivity index (χ1n) is 8.05. The maximum absolute atomic E-state index is 12.2. The molecule has 0 aliphatic carbocycles. The molecule has 0 saturated carbocycles. The average molecular weight is 419 g/mol. The van der Waals surface area contributed by atoms with Crippen molar-refractivity contribution >= 4 is 48.0 Å². The molecule has 2 aromatic rings. The minimum Gasteiger partial charge on any atom is -0.487 e. The van der Waals surface area contributed by atoms with Gasteiger partial charge in [0.1, 0.15) is 12.4 Å². The van der Waals surface area contributed by atoms with Gasteiger partial charge in [-0.15, -0.1) is 24.8 Å². The highest BCUT2D eigenvalue weighted by atomic mass is 35.5. The number of aromatic nitrogens is 1. The van der Waals surface area contributed by atoms with Gasteiger partial charge in [0.05, 0.1) is 10.9 Å². The van der Waals surface area contributed by atoms with Crippen LogP contribution < -0.4 is 15.4 Å². The Kier molecular flexibility index (Phi) is 9.73. The molecule has 8 heteroatoms. The molecule has 1 aromatic carbocycles. The Labute approximate surface area is 170 Å². The Morgan fingerprint density at radius 3 is 2.85 bits per heavy atom. The smallest absolute Gasteiger partial charge is 0.228 e. The van der Waals surface area contributed by atoms with Crippen molar-refractivity contribution in [3.63, 3.8) is 0 Å². The fourth-order valence-electron chi connectivity index (χ4n) is 2.66. The summed E-state index contributed by atoms with van der Waals surface area (Å²) in [5.41, 5.74) is 1.65. The van der Waals surface area contributed by atoms with Gasteiger partial charge in [0.15, 0.2) is 0 Å². The van der Waals surface area contributed by atoms with E-state index in [0.717, 1.165) is 31.5 Å². The van der Waals surface area contributed by atoms with Gasteiger partial charge in [-0.3, -0.25) is 9.78 Å². The summed E-state index contributed by atoms with van der Waals surface area (Å²) < 4.78 is 5.70.